The smallest absolute Gasteiger partial charge is 0.293 e. The highest BCUT2D eigenvalue weighted by Crippen LogP contribution is 2.25. The molecule has 0 saturated heterocycles. The molecule has 7 nitrogen and oxygen atoms in total. The van der Waals surface area contributed by atoms with Crippen molar-refractivity contribution in [2.24, 2.45) is 0 Å². The summed E-state index contributed by atoms with van der Waals surface area (Å²) in [4.78, 5) is 20.4. The maximum atomic E-state index is 11.9. The molecule has 3 heterocycles. The van der Waals surface area contributed by atoms with Gasteiger partial charge in [0.2, 0.25) is 5.89 Å². The van der Waals surface area contributed by atoms with Crippen LogP contribution >= 0.6 is 12.2 Å². The fourth-order valence-corrected chi connectivity index (χ4v) is 2.57. The Morgan fingerprint density at radius 2 is 1.96 bits per heavy atom. The molecule has 0 atom stereocenters. The largest absolute Gasteiger partial charge is 0.459 e. The number of carbonyl (C=O) groups is 1. The van der Waals surface area contributed by atoms with E-state index in [4.69, 9.17) is 21.1 Å². The predicted molar refractivity (Wildman–Crippen MR) is 99.6 cm³/mol. The summed E-state index contributed by atoms with van der Waals surface area (Å²) < 4.78 is 10.8. The number of anilines is 1. The van der Waals surface area contributed by atoms with Gasteiger partial charge in [-0.2, -0.15) is 0 Å². The molecule has 2 N–H and O–H groups in total. The van der Waals surface area contributed by atoms with Crippen molar-refractivity contribution in [3.8, 4) is 11.5 Å². The third-order valence-corrected chi connectivity index (χ3v) is 3.75. The Labute approximate surface area is 153 Å². The van der Waals surface area contributed by atoms with E-state index >= 15 is 0 Å². The number of nitrogens with one attached hydrogen (secondary N) is 2. The number of hydrogen-bond acceptors (Lipinski definition) is 6. The maximum absolute atomic E-state index is 11.9. The van der Waals surface area contributed by atoms with Gasteiger partial charge in [-0.1, -0.05) is 0 Å². The van der Waals surface area contributed by atoms with E-state index < -0.39 is 5.91 Å². The fourth-order valence-electron chi connectivity index (χ4n) is 2.36. The number of pyridine rings is 1. The second-order valence-electron chi connectivity index (χ2n) is 5.32. The monoisotopic (exact) mass is 364 g/mol. The first-order valence-electron chi connectivity index (χ1n) is 7.66. The highest BCUT2D eigenvalue weighted by molar-refractivity contribution is 7.80. The fraction of sp³-hybridized carbons (Fsp3) is 0. The number of hydrogen-bond donors (Lipinski definition) is 2. The summed E-state index contributed by atoms with van der Waals surface area (Å²) in [5, 5.41) is 5.64. The van der Waals surface area contributed by atoms with Crippen LogP contribution in [0.5, 0.6) is 0 Å². The molecule has 0 radical (unpaired) electrons. The Morgan fingerprint density at radius 3 is 2.73 bits per heavy atom. The van der Waals surface area contributed by atoms with Crippen molar-refractivity contribution >= 4 is 40.0 Å². The highest BCUT2D eigenvalue weighted by atomic mass is 32.1. The number of aromatic nitrogens is 2. The van der Waals surface area contributed by atoms with Crippen LogP contribution in [0.3, 0.4) is 0 Å². The first-order valence-corrected chi connectivity index (χ1v) is 8.07. The minimum atomic E-state index is -0.421. The summed E-state index contributed by atoms with van der Waals surface area (Å²) in [7, 11) is 0. The molecule has 128 valence electrons. The Balaban J connectivity index is 1.50. The van der Waals surface area contributed by atoms with E-state index in [1.807, 2.05) is 12.1 Å². The van der Waals surface area contributed by atoms with Crippen LogP contribution in [0.25, 0.3) is 22.6 Å². The van der Waals surface area contributed by atoms with Gasteiger partial charge in [-0.15, -0.1) is 0 Å². The number of oxazole rings is 1. The Morgan fingerprint density at radius 1 is 1.12 bits per heavy atom. The van der Waals surface area contributed by atoms with Crippen molar-refractivity contribution in [2.75, 3.05) is 5.32 Å². The van der Waals surface area contributed by atoms with Gasteiger partial charge in [0, 0.05) is 23.6 Å². The molecular weight excluding hydrogens is 352 g/mol. The molecule has 8 heteroatoms. The molecule has 0 spiro atoms. The molecule has 3 aromatic heterocycles. The molecule has 4 aromatic rings. The first-order chi connectivity index (χ1) is 12.7. The van der Waals surface area contributed by atoms with E-state index in [0.717, 1.165) is 5.56 Å². The van der Waals surface area contributed by atoms with Gasteiger partial charge in [-0.3, -0.25) is 15.1 Å². The number of furan rings is 1. The average molecular weight is 364 g/mol. The van der Waals surface area contributed by atoms with Crippen LogP contribution in [-0.2, 0) is 0 Å². The van der Waals surface area contributed by atoms with Gasteiger partial charge in [0.15, 0.2) is 16.5 Å². The van der Waals surface area contributed by atoms with Gasteiger partial charge in [0.1, 0.15) is 5.52 Å². The SMILES string of the molecule is O=C(NC(=S)Nc1ccc2oc(-c3ccncc3)nc2c1)c1ccco1. The number of fused-ring (bicyclic) bond motifs is 1. The molecule has 0 aliphatic rings. The standard InChI is InChI=1S/C18H12N4O3S/c23-16(15-2-1-9-24-15)22-18(26)20-12-3-4-14-13(10-12)21-17(25-14)11-5-7-19-8-6-11/h1-10H,(H2,20,22,23,26). The zero-order valence-corrected chi connectivity index (χ0v) is 14.1. The van der Waals surface area contributed by atoms with Gasteiger partial charge in [0.25, 0.3) is 5.91 Å². The number of rotatable bonds is 3. The van der Waals surface area contributed by atoms with E-state index in [-0.39, 0.29) is 10.9 Å². The molecule has 0 aliphatic heterocycles. The molecule has 0 saturated carbocycles. The molecular formula is C18H12N4O3S. The minimum absolute atomic E-state index is 0.156. The summed E-state index contributed by atoms with van der Waals surface area (Å²) >= 11 is 5.16. The third kappa shape index (κ3) is 3.31. The lowest BCUT2D eigenvalue weighted by atomic mass is 10.3. The van der Waals surface area contributed by atoms with E-state index in [1.165, 1.54) is 6.26 Å². The van der Waals surface area contributed by atoms with Crippen molar-refractivity contribution < 1.29 is 13.6 Å². The summed E-state index contributed by atoms with van der Waals surface area (Å²) in [6.07, 6.45) is 4.78. The van der Waals surface area contributed by atoms with Crippen molar-refractivity contribution in [2.45, 2.75) is 0 Å². The molecule has 26 heavy (non-hydrogen) atoms. The third-order valence-electron chi connectivity index (χ3n) is 3.54. The molecule has 4 rings (SSSR count). The lowest BCUT2D eigenvalue weighted by Crippen LogP contribution is -2.33. The van der Waals surface area contributed by atoms with E-state index in [2.05, 4.69) is 20.6 Å². The number of carbonyl (C=O) groups excluding carboxylic acids is 1. The van der Waals surface area contributed by atoms with Crippen LogP contribution in [0, 0.1) is 0 Å². The molecule has 0 unspecified atom stereocenters. The van der Waals surface area contributed by atoms with Crippen LogP contribution in [0.4, 0.5) is 5.69 Å². The topological polar surface area (TPSA) is 93.2 Å². The van der Waals surface area contributed by atoms with Gasteiger partial charge in [0.05, 0.1) is 6.26 Å². The molecule has 0 fully saturated rings. The van der Waals surface area contributed by atoms with Crippen LogP contribution in [-0.4, -0.2) is 21.0 Å². The number of nitrogens with zero attached hydrogens (tertiary/aromatic N) is 2. The molecule has 0 aliphatic carbocycles. The Hall–Kier alpha value is -3.52. The van der Waals surface area contributed by atoms with Gasteiger partial charge < -0.3 is 14.2 Å². The average Bonchev–Trinajstić information content (AvgIpc) is 3.32. The van der Waals surface area contributed by atoms with Crippen LogP contribution < -0.4 is 10.6 Å². The zero-order chi connectivity index (χ0) is 17.9. The van der Waals surface area contributed by atoms with Crippen molar-refractivity contribution in [3.05, 3.63) is 66.9 Å². The van der Waals surface area contributed by atoms with Gasteiger partial charge in [-0.05, 0) is 54.7 Å². The number of benzene rings is 1. The zero-order valence-electron chi connectivity index (χ0n) is 13.3. The summed E-state index contributed by atoms with van der Waals surface area (Å²) in [5.41, 5.74) is 2.83. The summed E-state index contributed by atoms with van der Waals surface area (Å²) in [5.74, 6) is 0.270. The molecule has 1 amide bonds. The second-order valence-corrected chi connectivity index (χ2v) is 5.73. The molecule has 1 aromatic carbocycles. The van der Waals surface area contributed by atoms with E-state index in [0.29, 0.717) is 22.7 Å². The van der Waals surface area contributed by atoms with Crippen LogP contribution in [0.1, 0.15) is 10.6 Å². The van der Waals surface area contributed by atoms with Crippen molar-refractivity contribution in [3.63, 3.8) is 0 Å². The Kier molecular flexibility index (Phi) is 4.16. The van der Waals surface area contributed by atoms with Gasteiger partial charge >= 0.3 is 0 Å². The normalized spacial score (nSPS) is 10.6. The lowest BCUT2D eigenvalue weighted by molar-refractivity contribution is 0.0950. The quantitative estimate of drug-likeness (QED) is 0.536. The second kappa shape index (κ2) is 6.77. The first kappa shape index (κ1) is 16.0. The highest BCUT2D eigenvalue weighted by Gasteiger charge is 2.12. The molecule has 0 bridgehead atoms. The predicted octanol–water partition coefficient (Wildman–Crippen LogP) is 3.61. The van der Waals surface area contributed by atoms with Crippen LogP contribution in [0.15, 0.2) is 70.0 Å². The minimum Gasteiger partial charge on any atom is -0.459 e. The number of amides is 1. The summed E-state index contributed by atoms with van der Waals surface area (Å²) in [6.45, 7) is 0. The van der Waals surface area contributed by atoms with E-state index in [9.17, 15) is 4.79 Å². The van der Waals surface area contributed by atoms with Crippen molar-refractivity contribution in [1.82, 2.24) is 15.3 Å². The lowest BCUT2D eigenvalue weighted by Gasteiger charge is -2.08. The Bertz CT molecular complexity index is 1070. The van der Waals surface area contributed by atoms with Crippen molar-refractivity contribution in [1.29, 1.82) is 0 Å². The van der Waals surface area contributed by atoms with Gasteiger partial charge in [-0.25, -0.2) is 4.98 Å². The van der Waals surface area contributed by atoms with E-state index in [1.54, 1.807) is 42.7 Å². The number of thiocarbonyl (C=S) groups is 1. The summed E-state index contributed by atoms with van der Waals surface area (Å²) in [6, 6.07) is 12.2. The maximum Gasteiger partial charge on any atom is 0.293 e. The van der Waals surface area contributed by atoms with Crippen LogP contribution in [0.2, 0.25) is 0 Å².